The summed E-state index contributed by atoms with van der Waals surface area (Å²) >= 11 is 0. The predicted molar refractivity (Wildman–Crippen MR) is 118 cm³/mol. The molecule has 0 bridgehead atoms. The highest BCUT2D eigenvalue weighted by atomic mass is 19.1. The van der Waals surface area contributed by atoms with Gasteiger partial charge in [-0.2, -0.15) is 5.10 Å². The molecule has 0 aliphatic carbocycles. The van der Waals surface area contributed by atoms with Crippen LogP contribution in [0, 0.1) is 29.8 Å². The number of benzene rings is 2. The van der Waals surface area contributed by atoms with E-state index in [1.807, 2.05) is 6.92 Å². The van der Waals surface area contributed by atoms with Crippen LogP contribution in [-0.4, -0.2) is 30.9 Å². The van der Waals surface area contributed by atoms with Crippen LogP contribution >= 0.6 is 0 Å². The number of nitro benzene ring substituents is 1. The Morgan fingerprint density at radius 2 is 1.85 bits per heavy atom. The number of aryl methyl sites for hydroxylation is 1. The lowest BCUT2D eigenvalue weighted by Crippen LogP contribution is -2.01. The largest absolute Gasteiger partial charge is 0.452 e. The van der Waals surface area contributed by atoms with Crippen molar-refractivity contribution in [3.05, 3.63) is 93.4 Å². The van der Waals surface area contributed by atoms with Crippen molar-refractivity contribution >= 4 is 17.7 Å². The van der Waals surface area contributed by atoms with Crippen molar-refractivity contribution in [2.24, 2.45) is 0 Å². The molecule has 0 fully saturated rings. The van der Waals surface area contributed by atoms with E-state index >= 15 is 0 Å². The van der Waals surface area contributed by atoms with Crippen LogP contribution in [0.3, 0.4) is 0 Å². The van der Waals surface area contributed by atoms with Gasteiger partial charge in [-0.25, -0.2) is 13.9 Å². The van der Waals surface area contributed by atoms with Crippen LogP contribution in [-0.2, 0) is 16.1 Å². The maximum absolute atomic E-state index is 13.2. The van der Waals surface area contributed by atoms with Crippen molar-refractivity contribution in [1.82, 2.24) is 20.0 Å². The molecule has 0 unspecified atom stereocenters. The Hall–Kier alpha value is -4.67. The molecule has 0 aliphatic heterocycles. The molecule has 0 saturated carbocycles. The SMILES string of the molecule is Cc1nn(-c2ccc(F)cc2)c(C)c1/C=C/C(=O)OCc1nnc(-c2ccc([N+](=O)[O-])cc2)o1. The Kier molecular flexibility index (Phi) is 6.26. The molecule has 2 aromatic carbocycles. The van der Waals surface area contributed by atoms with Crippen molar-refractivity contribution in [2.75, 3.05) is 0 Å². The van der Waals surface area contributed by atoms with Gasteiger partial charge < -0.3 is 9.15 Å². The Labute approximate surface area is 192 Å². The van der Waals surface area contributed by atoms with Crippen molar-refractivity contribution in [3.63, 3.8) is 0 Å². The molecule has 0 atom stereocenters. The first kappa shape index (κ1) is 22.5. The number of ether oxygens (including phenoxy) is 1. The number of halogens is 1. The lowest BCUT2D eigenvalue weighted by atomic mass is 10.2. The highest BCUT2D eigenvalue weighted by Gasteiger charge is 2.14. The normalized spacial score (nSPS) is 11.1. The molecule has 172 valence electrons. The van der Waals surface area contributed by atoms with Crippen molar-refractivity contribution in [2.45, 2.75) is 20.5 Å². The van der Waals surface area contributed by atoms with Gasteiger partial charge in [-0.15, -0.1) is 10.2 Å². The summed E-state index contributed by atoms with van der Waals surface area (Å²) in [5, 5.41) is 22.9. The lowest BCUT2D eigenvalue weighted by molar-refractivity contribution is -0.384. The van der Waals surface area contributed by atoms with Gasteiger partial charge in [0, 0.05) is 35.0 Å². The maximum atomic E-state index is 13.2. The summed E-state index contributed by atoms with van der Waals surface area (Å²) in [6.07, 6.45) is 2.86. The van der Waals surface area contributed by atoms with E-state index in [1.165, 1.54) is 42.5 Å². The van der Waals surface area contributed by atoms with E-state index in [9.17, 15) is 19.3 Å². The molecule has 11 heteroatoms. The number of aromatic nitrogens is 4. The summed E-state index contributed by atoms with van der Waals surface area (Å²) in [4.78, 5) is 22.4. The van der Waals surface area contributed by atoms with Gasteiger partial charge >= 0.3 is 5.97 Å². The average molecular weight is 463 g/mol. The quantitative estimate of drug-likeness (QED) is 0.171. The number of hydrogen-bond acceptors (Lipinski definition) is 8. The molecule has 0 saturated heterocycles. The van der Waals surface area contributed by atoms with Gasteiger partial charge in [0.1, 0.15) is 5.82 Å². The van der Waals surface area contributed by atoms with E-state index in [0.29, 0.717) is 16.9 Å². The van der Waals surface area contributed by atoms with E-state index in [1.54, 1.807) is 29.8 Å². The van der Waals surface area contributed by atoms with Gasteiger partial charge in [0.05, 0.1) is 16.3 Å². The van der Waals surface area contributed by atoms with Gasteiger partial charge in [-0.05, 0) is 56.3 Å². The fourth-order valence-corrected chi connectivity index (χ4v) is 3.22. The summed E-state index contributed by atoms with van der Waals surface area (Å²) < 4.78 is 25.5. The molecule has 0 spiro atoms. The molecule has 0 aliphatic rings. The Morgan fingerprint density at radius 3 is 2.53 bits per heavy atom. The first-order valence-corrected chi connectivity index (χ1v) is 10.1. The van der Waals surface area contributed by atoms with E-state index in [0.717, 1.165) is 11.3 Å². The third-order valence-electron chi connectivity index (χ3n) is 4.93. The number of hydrogen-bond donors (Lipinski definition) is 0. The first-order chi connectivity index (χ1) is 16.3. The minimum absolute atomic E-state index is 0.0575. The van der Waals surface area contributed by atoms with Gasteiger partial charge in [-0.3, -0.25) is 10.1 Å². The number of rotatable bonds is 7. The highest BCUT2D eigenvalue weighted by Crippen LogP contribution is 2.22. The minimum Gasteiger partial charge on any atom is -0.452 e. The molecular formula is C23H18FN5O5. The Morgan fingerprint density at radius 1 is 1.15 bits per heavy atom. The zero-order valence-corrected chi connectivity index (χ0v) is 18.1. The Balaban J connectivity index is 1.39. The highest BCUT2D eigenvalue weighted by molar-refractivity contribution is 5.87. The maximum Gasteiger partial charge on any atom is 0.331 e. The van der Waals surface area contributed by atoms with Gasteiger partial charge in [0.2, 0.25) is 5.89 Å². The second-order valence-electron chi connectivity index (χ2n) is 7.22. The van der Waals surface area contributed by atoms with Crippen molar-refractivity contribution in [1.29, 1.82) is 0 Å². The summed E-state index contributed by atoms with van der Waals surface area (Å²) in [5.41, 5.74) is 3.34. The number of carbonyl (C=O) groups excluding carboxylic acids is 1. The number of esters is 1. The molecule has 0 amide bonds. The summed E-state index contributed by atoms with van der Waals surface area (Å²) in [6, 6.07) is 11.6. The second kappa shape index (κ2) is 9.45. The summed E-state index contributed by atoms with van der Waals surface area (Å²) in [6.45, 7) is 3.40. The molecule has 4 rings (SSSR count). The molecule has 0 N–H and O–H groups in total. The number of nitro groups is 1. The van der Waals surface area contributed by atoms with Gasteiger partial charge in [0.25, 0.3) is 11.6 Å². The molecule has 0 radical (unpaired) electrons. The van der Waals surface area contributed by atoms with Crippen molar-refractivity contribution < 1.29 is 23.3 Å². The average Bonchev–Trinajstić information content (AvgIpc) is 3.41. The molecule has 2 aromatic heterocycles. The van der Waals surface area contributed by atoms with Crippen LogP contribution in [0.25, 0.3) is 23.2 Å². The molecule has 34 heavy (non-hydrogen) atoms. The Bertz CT molecular complexity index is 1370. The topological polar surface area (TPSA) is 126 Å². The lowest BCUT2D eigenvalue weighted by Gasteiger charge is -2.04. The van der Waals surface area contributed by atoms with Crippen LogP contribution in [0.2, 0.25) is 0 Å². The zero-order chi connectivity index (χ0) is 24.2. The van der Waals surface area contributed by atoms with Gasteiger partial charge in [-0.1, -0.05) is 0 Å². The second-order valence-corrected chi connectivity index (χ2v) is 7.22. The third kappa shape index (κ3) is 4.88. The molecule has 10 nitrogen and oxygen atoms in total. The van der Waals surface area contributed by atoms with Crippen molar-refractivity contribution in [3.8, 4) is 17.1 Å². The minimum atomic E-state index is -0.622. The third-order valence-corrected chi connectivity index (χ3v) is 4.93. The number of non-ortho nitro benzene ring substituents is 1. The van der Waals surface area contributed by atoms with E-state index in [2.05, 4.69) is 15.3 Å². The molecule has 2 heterocycles. The van der Waals surface area contributed by atoms with E-state index < -0.39 is 10.9 Å². The number of nitrogens with zero attached hydrogens (tertiary/aromatic N) is 5. The first-order valence-electron chi connectivity index (χ1n) is 10.1. The van der Waals surface area contributed by atoms with E-state index in [4.69, 9.17) is 9.15 Å². The predicted octanol–water partition coefficient (Wildman–Crippen LogP) is 4.34. The smallest absolute Gasteiger partial charge is 0.331 e. The van der Waals surface area contributed by atoms with Crippen LogP contribution in [0.1, 0.15) is 22.8 Å². The molecular weight excluding hydrogens is 445 g/mol. The zero-order valence-electron chi connectivity index (χ0n) is 18.1. The van der Waals surface area contributed by atoms with Crippen LogP contribution < -0.4 is 0 Å². The van der Waals surface area contributed by atoms with Crippen LogP contribution in [0.15, 0.2) is 59.0 Å². The molecule has 4 aromatic rings. The fourth-order valence-electron chi connectivity index (χ4n) is 3.22. The van der Waals surface area contributed by atoms with Gasteiger partial charge in [0.15, 0.2) is 6.61 Å². The van der Waals surface area contributed by atoms with Crippen LogP contribution in [0.4, 0.5) is 10.1 Å². The monoisotopic (exact) mass is 463 g/mol. The summed E-state index contributed by atoms with van der Waals surface area (Å²) in [7, 11) is 0. The standard InChI is InChI=1S/C23H18FN5O5/c1-14-20(15(2)28(27-14)18-9-5-17(24)6-10-18)11-12-22(30)33-13-21-25-26-23(34-21)16-3-7-19(8-4-16)29(31)32/h3-12H,13H2,1-2H3/b12-11+. The van der Waals surface area contributed by atoms with E-state index in [-0.39, 0.29) is 29.9 Å². The number of carbonyl (C=O) groups is 1. The fraction of sp³-hybridized carbons (Fsp3) is 0.130. The summed E-state index contributed by atoms with van der Waals surface area (Å²) in [5.74, 6) is -0.736. The van der Waals surface area contributed by atoms with Crippen LogP contribution in [0.5, 0.6) is 0 Å².